The minimum Gasteiger partial charge on any atom is -0.377 e. The third-order valence-corrected chi connectivity index (χ3v) is 4.38. The van der Waals surface area contributed by atoms with Gasteiger partial charge in [-0.15, -0.1) is 0 Å². The molecule has 4 nitrogen and oxygen atoms in total. The van der Waals surface area contributed by atoms with Crippen LogP contribution in [-0.4, -0.2) is 15.0 Å². The van der Waals surface area contributed by atoms with Crippen molar-refractivity contribution >= 4 is 28.2 Å². The van der Waals surface area contributed by atoms with Crippen LogP contribution in [0.1, 0.15) is 11.4 Å². The van der Waals surface area contributed by atoms with Crippen molar-refractivity contribution in [1.82, 2.24) is 15.0 Å². The molecule has 124 valence electrons. The minimum absolute atomic E-state index is 0.605. The number of halogens is 1. The molecule has 0 aliphatic rings. The summed E-state index contributed by atoms with van der Waals surface area (Å²) in [4.78, 5) is 12.2. The van der Waals surface area contributed by atoms with E-state index in [9.17, 15) is 0 Å². The number of anilines is 1. The van der Waals surface area contributed by atoms with Crippen molar-refractivity contribution in [3.05, 3.63) is 77.3 Å². The highest BCUT2D eigenvalue weighted by molar-refractivity contribution is 6.31. The Morgan fingerprint density at radius 3 is 2.72 bits per heavy atom. The van der Waals surface area contributed by atoms with Gasteiger partial charge in [0.1, 0.15) is 5.82 Å². The number of nitrogens with one attached hydrogen (secondary N) is 2. The summed E-state index contributed by atoms with van der Waals surface area (Å²) in [5, 5.41) is 5.15. The van der Waals surface area contributed by atoms with Gasteiger partial charge in [-0.1, -0.05) is 41.4 Å². The normalized spacial score (nSPS) is 11.0. The van der Waals surface area contributed by atoms with Gasteiger partial charge in [-0.2, -0.15) is 0 Å². The fraction of sp³-hybridized carbons (Fsp3) is 0.100. The van der Waals surface area contributed by atoms with Gasteiger partial charge in [0.25, 0.3) is 0 Å². The van der Waals surface area contributed by atoms with Gasteiger partial charge in [0.05, 0.1) is 24.0 Å². The number of aromatic amines is 1. The van der Waals surface area contributed by atoms with Crippen LogP contribution in [0.3, 0.4) is 0 Å². The molecule has 25 heavy (non-hydrogen) atoms. The van der Waals surface area contributed by atoms with Crippen LogP contribution < -0.4 is 5.32 Å². The van der Waals surface area contributed by atoms with Gasteiger partial charge in [0.2, 0.25) is 0 Å². The summed E-state index contributed by atoms with van der Waals surface area (Å²) >= 11 is 6.04. The van der Waals surface area contributed by atoms with Crippen molar-refractivity contribution in [2.45, 2.75) is 13.5 Å². The zero-order valence-electron chi connectivity index (χ0n) is 13.8. The molecule has 0 bridgehead atoms. The number of benzene rings is 2. The zero-order chi connectivity index (χ0) is 17.2. The summed E-state index contributed by atoms with van der Waals surface area (Å²) in [5.41, 5.74) is 5.28. The summed E-state index contributed by atoms with van der Waals surface area (Å²) in [6.45, 7) is 2.69. The molecule has 2 aromatic heterocycles. The Morgan fingerprint density at radius 1 is 1.04 bits per heavy atom. The van der Waals surface area contributed by atoms with Gasteiger partial charge in [0.15, 0.2) is 0 Å². The van der Waals surface area contributed by atoms with Crippen LogP contribution in [0, 0.1) is 6.92 Å². The second kappa shape index (κ2) is 6.57. The lowest BCUT2D eigenvalue weighted by Crippen LogP contribution is -2.02. The molecule has 0 aliphatic carbocycles. The van der Waals surface area contributed by atoms with Crippen LogP contribution in [0.15, 0.2) is 60.9 Å². The molecule has 2 aromatic carbocycles. The van der Waals surface area contributed by atoms with E-state index in [0.717, 1.165) is 33.7 Å². The second-order valence-corrected chi connectivity index (χ2v) is 6.42. The van der Waals surface area contributed by atoms with Crippen LogP contribution in [-0.2, 0) is 6.54 Å². The number of fused-ring (bicyclic) bond motifs is 1. The van der Waals surface area contributed by atoms with E-state index < -0.39 is 0 Å². The van der Waals surface area contributed by atoms with E-state index in [1.54, 1.807) is 6.20 Å². The number of nitrogens with zero attached hydrogens (tertiary/aromatic N) is 2. The van der Waals surface area contributed by atoms with Crippen molar-refractivity contribution in [2.75, 3.05) is 5.32 Å². The maximum atomic E-state index is 6.04. The molecule has 0 amide bonds. The third-order valence-electron chi connectivity index (χ3n) is 4.14. The number of imidazole rings is 1. The fourth-order valence-corrected chi connectivity index (χ4v) is 2.95. The number of hydrogen-bond donors (Lipinski definition) is 2. The molecule has 0 saturated carbocycles. The molecule has 0 unspecified atom stereocenters. The van der Waals surface area contributed by atoms with Crippen LogP contribution in [0.4, 0.5) is 5.69 Å². The minimum atomic E-state index is 0.605. The number of aromatic nitrogens is 3. The smallest absolute Gasteiger partial charge is 0.125 e. The monoisotopic (exact) mass is 348 g/mol. The maximum Gasteiger partial charge on any atom is 0.125 e. The molecule has 4 aromatic rings. The zero-order valence-corrected chi connectivity index (χ0v) is 14.5. The summed E-state index contributed by atoms with van der Waals surface area (Å²) in [6, 6.07) is 16.1. The molecule has 0 aliphatic heterocycles. The Hall–Kier alpha value is -2.85. The van der Waals surface area contributed by atoms with Gasteiger partial charge in [0, 0.05) is 22.3 Å². The number of rotatable bonds is 4. The molecule has 5 heteroatoms. The van der Waals surface area contributed by atoms with E-state index >= 15 is 0 Å². The van der Waals surface area contributed by atoms with Crippen molar-refractivity contribution in [2.24, 2.45) is 0 Å². The predicted molar refractivity (Wildman–Crippen MR) is 103 cm³/mol. The first-order chi connectivity index (χ1) is 12.2. The van der Waals surface area contributed by atoms with Crippen molar-refractivity contribution in [3.63, 3.8) is 0 Å². The fourth-order valence-electron chi connectivity index (χ4n) is 2.79. The second-order valence-electron chi connectivity index (χ2n) is 5.98. The molecular weight excluding hydrogens is 332 g/mol. The van der Waals surface area contributed by atoms with Crippen molar-refractivity contribution in [1.29, 1.82) is 0 Å². The van der Waals surface area contributed by atoms with E-state index in [2.05, 4.69) is 51.5 Å². The lowest BCUT2D eigenvalue weighted by Gasteiger charge is -2.08. The van der Waals surface area contributed by atoms with Gasteiger partial charge < -0.3 is 10.3 Å². The largest absolute Gasteiger partial charge is 0.377 e. The Kier molecular flexibility index (Phi) is 4.12. The Morgan fingerprint density at radius 2 is 1.88 bits per heavy atom. The SMILES string of the molecule is Cc1ccc(-c2cnc(CNc3ccnc4cc(Cl)ccc34)[nH]2)cc1. The van der Waals surface area contributed by atoms with E-state index in [4.69, 9.17) is 11.6 Å². The average Bonchev–Trinajstić information content (AvgIpc) is 3.09. The summed E-state index contributed by atoms with van der Waals surface area (Å²) < 4.78 is 0. The Bertz CT molecular complexity index is 1020. The maximum absolute atomic E-state index is 6.04. The van der Waals surface area contributed by atoms with Crippen molar-refractivity contribution < 1.29 is 0 Å². The van der Waals surface area contributed by atoms with E-state index in [0.29, 0.717) is 11.6 Å². The molecule has 0 saturated heterocycles. The highest BCUT2D eigenvalue weighted by atomic mass is 35.5. The molecule has 0 spiro atoms. The first-order valence-electron chi connectivity index (χ1n) is 8.08. The van der Waals surface area contributed by atoms with Crippen LogP contribution in [0.5, 0.6) is 0 Å². The van der Waals surface area contributed by atoms with Gasteiger partial charge >= 0.3 is 0 Å². The van der Waals surface area contributed by atoms with Gasteiger partial charge in [-0.05, 0) is 36.8 Å². The first kappa shape index (κ1) is 15.7. The molecule has 2 heterocycles. The predicted octanol–water partition coefficient (Wildman–Crippen LogP) is 5.20. The molecule has 0 atom stereocenters. The highest BCUT2D eigenvalue weighted by Crippen LogP contribution is 2.25. The standard InChI is InChI=1S/C20H17ClN4/c1-13-2-4-14(5-3-13)19-11-24-20(25-19)12-23-17-8-9-22-18-10-15(21)6-7-16(17)18/h2-11H,12H2,1H3,(H,22,23)(H,24,25). The molecule has 4 rings (SSSR count). The summed E-state index contributed by atoms with van der Waals surface area (Å²) in [7, 11) is 0. The van der Waals surface area contributed by atoms with Crippen LogP contribution >= 0.6 is 11.6 Å². The lowest BCUT2D eigenvalue weighted by atomic mass is 10.1. The van der Waals surface area contributed by atoms with Gasteiger partial charge in [-0.25, -0.2) is 4.98 Å². The third kappa shape index (κ3) is 3.35. The summed E-state index contributed by atoms with van der Waals surface area (Å²) in [5.74, 6) is 0.884. The van der Waals surface area contributed by atoms with E-state index in [1.807, 2.05) is 30.5 Å². The average molecular weight is 349 g/mol. The summed E-state index contributed by atoms with van der Waals surface area (Å²) in [6.07, 6.45) is 3.65. The Labute approximate surface area is 150 Å². The highest BCUT2D eigenvalue weighted by Gasteiger charge is 2.06. The molecule has 0 radical (unpaired) electrons. The van der Waals surface area contributed by atoms with Gasteiger partial charge in [-0.3, -0.25) is 4.98 Å². The number of pyridine rings is 1. The molecular formula is C20H17ClN4. The van der Waals surface area contributed by atoms with Crippen LogP contribution in [0.25, 0.3) is 22.2 Å². The quantitative estimate of drug-likeness (QED) is 0.533. The number of hydrogen-bond acceptors (Lipinski definition) is 3. The van der Waals surface area contributed by atoms with Crippen molar-refractivity contribution in [3.8, 4) is 11.3 Å². The lowest BCUT2D eigenvalue weighted by molar-refractivity contribution is 1.00. The molecule has 0 fully saturated rings. The number of H-pyrrole nitrogens is 1. The number of aryl methyl sites for hydroxylation is 1. The Balaban J connectivity index is 1.53. The van der Waals surface area contributed by atoms with E-state index in [-0.39, 0.29) is 0 Å². The topological polar surface area (TPSA) is 53.6 Å². The van der Waals surface area contributed by atoms with Crippen LogP contribution in [0.2, 0.25) is 5.02 Å². The molecule has 2 N–H and O–H groups in total. The first-order valence-corrected chi connectivity index (χ1v) is 8.46. The van der Waals surface area contributed by atoms with E-state index in [1.165, 1.54) is 5.56 Å².